The molecule has 0 aliphatic heterocycles. The molecule has 2 aromatic heterocycles. The number of H-pyrrole nitrogens is 1. The lowest BCUT2D eigenvalue weighted by Crippen LogP contribution is -2.11. The van der Waals surface area contributed by atoms with Gasteiger partial charge in [-0.3, -0.25) is 4.79 Å². The molecule has 10 heteroatoms. The van der Waals surface area contributed by atoms with Gasteiger partial charge in [-0.15, -0.1) is 0 Å². The molecule has 0 unspecified atom stereocenters. The van der Waals surface area contributed by atoms with Gasteiger partial charge in [-0.2, -0.15) is 15.0 Å². The molecule has 0 saturated heterocycles. The Balaban J connectivity index is 2.28. The van der Waals surface area contributed by atoms with Crippen LogP contribution in [0.25, 0.3) is 0 Å². The van der Waals surface area contributed by atoms with Gasteiger partial charge in [0, 0.05) is 6.07 Å². The molecule has 2 rings (SSSR count). The van der Waals surface area contributed by atoms with E-state index < -0.39 is 0 Å². The van der Waals surface area contributed by atoms with Crippen LogP contribution in [0.1, 0.15) is 13.8 Å². The number of rotatable bonds is 4. The van der Waals surface area contributed by atoms with Gasteiger partial charge in [0.1, 0.15) is 5.82 Å². The molecule has 0 aliphatic carbocycles. The van der Waals surface area contributed by atoms with Crippen molar-refractivity contribution in [2.24, 2.45) is 0 Å². The van der Waals surface area contributed by atoms with E-state index in [0.29, 0.717) is 0 Å². The van der Waals surface area contributed by atoms with Gasteiger partial charge in [0.05, 0.1) is 6.10 Å². The van der Waals surface area contributed by atoms with E-state index in [1.165, 1.54) is 6.07 Å². The van der Waals surface area contributed by atoms with E-state index in [1.54, 1.807) is 0 Å². The van der Waals surface area contributed by atoms with Gasteiger partial charge in [0.2, 0.25) is 10.4 Å². The number of nitrogens with zero attached hydrogens (tertiary/aromatic N) is 4. The Hall–Kier alpha value is -1.87. The topological polar surface area (TPSA) is 120 Å². The Morgan fingerprint density at radius 2 is 2.10 bits per heavy atom. The lowest BCUT2D eigenvalue weighted by atomic mass is 10.5. The summed E-state index contributed by atoms with van der Waals surface area (Å²) in [6.45, 7) is 3.67. The Labute approximate surface area is 123 Å². The maximum absolute atomic E-state index is 11.3. The lowest BCUT2D eigenvalue weighted by molar-refractivity contribution is 0.219. The first-order valence-corrected chi connectivity index (χ1v) is 6.75. The van der Waals surface area contributed by atoms with Crippen molar-refractivity contribution in [2.45, 2.75) is 30.3 Å². The number of aromatic nitrogens is 5. The van der Waals surface area contributed by atoms with E-state index in [2.05, 4.69) is 24.9 Å². The highest BCUT2D eigenvalue weighted by Gasteiger charge is 2.11. The van der Waals surface area contributed by atoms with Crippen molar-refractivity contribution >= 4 is 29.2 Å². The number of aromatic amines is 1. The third-order valence-electron chi connectivity index (χ3n) is 1.84. The van der Waals surface area contributed by atoms with E-state index in [9.17, 15) is 4.79 Å². The standard InChI is InChI=1S/C10H11ClN6O2S/c1-4(2)19-8-15-7(11)16-10(17-8)20-9-13-5(12)3-6(18)14-9/h3-4H,1-2H3,(H3,12,13,14,18). The van der Waals surface area contributed by atoms with Crippen molar-refractivity contribution in [3.8, 4) is 6.01 Å². The summed E-state index contributed by atoms with van der Waals surface area (Å²) in [4.78, 5) is 29.6. The van der Waals surface area contributed by atoms with Crippen molar-refractivity contribution in [1.29, 1.82) is 0 Å². The zero-order valence-electron chi connectivity index (χ0n) is 10.6. The summed E-state index contributed by atoms with van der Waals surface area (Å²) < 4.78 is 5.34. The highest BCUT2D eigenvalue weighted by atomic mass is 35.5. The smallest absolute Gasteiger partial charge is 0.322 e. The zero-order valence-corrected chi connectivity index (χ0v) is 12.2. The Kier molecular flexibility index (Phi) is 4.40. The molecule has 0 saturated carbocycles. The minimum atomic E-state index is -0.362. The van der Waals surface area contributed by atoms with Gasteiger partial charge >= 0.3 is 6.01 Å². The van der Waals surface area contributed by atoms with Gasteiger partial charge in [-0.1, -0.05) is 0 Å². The summed E-state index contributed by atoms with van der Waals surface area (Å²) in [6.07, 6.45) is -0.100. The molecular weight excluding hydrogens is 304 g/mol. The Morgan fingerprint density at radius 1 is 1.35 bits per heavy atom. The summed E-state index contributed by atoms with van der Waals surface area (Å²) in [5, 5.41) is 0.492. The molecule has 20 heavy (non-hydrogen) atoms. The highest BCUT2D eigenvalue weighted by Crippen LogP contribution is 2.23. The number of nitrogens with one attached hydrogen (secondary N) is 1. The molecule has 2 heterocycles. The molecule has 106 valence electrons. The minimum absolute atomic E-state index is 0.00981. The minimum Gasteiger partial charge on any atom is -0.461 e. The first kappa shape index (κ1) is 14.5. The fourth-order valence-electron chi connectivity index (χ4n) is 1.21. The second kappa shape index (κ2) is 6.06. The van der Waals surface area contributed by atoms with Crippen LogP contribution < -0.4 is 16.0 Å². The molecular formula is C10H11ClN6O2S. The second-order valence-electron chi connectivity index (χ2n) is 3.91. The number of halogens is 1. The maximum atomic E-state index is 11.3. The number of nitrogens with two attached hydrogens (primary N) is 1. The number of hydrogen-bond donors (Lipinski definition) is 2. The maximum Gasteiger partial charge on any atom is 0.322 e. The van der Waals surface area contributed by atoms with E-state index in [4.69, 9.17) is 22.1 Å². The summed E-state index contributed by atoms with van der Waals surface area (Å²) in [7, 11) is 0. The predicted molar refractivity (Wildman–Crippen MR) is 74.0 cm³/mol. The highest BCUT2D eigenvalue weighted by molar-refractivity contribution is 7.99. The summed E-state index contributed by atoms with van der Waals surface area (Å²) >= 11 is 6.79. The molecule has 0 aromatic carbocycles. The molecule has 0 bridgehead atoms. The number of anilines is 1. The number of nitrogen functional groups attached to an aromatic ring is 1. The third-order valence-corrected chi connectivity index (χ3v) is 2.76. The molecule has 2 aromatic rings. The molecule has 0 atom stereocenters. The summed E-state index contributed by atoms with van der Waals surface area (Å²) in [5.74, 6) is 0.107. The first-order valence-electron chi connectivity index (χ1n) is 5.55. The van der Waals surface area contributed by atoms with Crippen LogP contribution in [0, 0.1) is 0 Å². The average Bonchev–Trinajstić information content (AvgIpc) is 2.24. The molecule has 0 spiro atoms. The van der Waals surface area contributed by atoms with Crippen molar-refractivity contribution in [3.63, 3.8) is 0 Å². The number of ether oxygens (including phenoxy) is 1. The van der Waals surface area contributed by atoms with E-state index >= 15 is 0 Å². The number of hydrogen-bond acceptors (Lipinski definition) is 8. The SMILES string of the molecule is CC(C)Oc1nc(Cl)nc(Sc2nc(N)cc(=O)[nH]2)n1. The predicted octanol–water partition coefficient (Wildman–Crippen LogP) is 1.13. The Morgan fingerprint density at radius 3 is 2.75 bits per heavy atom. The van der Waals surface area contributed by atoms with Crippen LogP contribution in [-0.2, 0) is 0 Å². The average molecular weight is 315 g/mol. The van der Waals surface area contributed by atoms with E-state index in [-0.39, 0.29) is 39.1 Å². The first-order chi connectivity index (χ1) is 9.42. The molecule has 0 aliphatic rings. The molecule has 0 fully saturated rings. The van der Waals surface area contributed by atoms with Crippen LogP contribution in [0.4, 0.5) is 5.82 Å². The lowest BCUT2D eigenvalue weighted by Gasteiger charge is -2.08. The van der Waals surface area contributed by atoms with Crippen LogP contribution in [0.2, 0.25) is 5.28 Å². The molecule has 0 amide bonds. The molecule has 3 N–H and O–H groups in total. The van der Waals surface area contributed by atoms with Crippen molar-refractivity contribution < 1.29 is 4.74 Å². The zero-order chi connectivity index (χ0) is 14.7. The normalized spacial score (nSPS) is 10.8. The van der Waals surface area contributed by atoms with Gasteiger partial charge < -0.3 is 15.5 Å². The van der Waals surface area contributed by atoms with Gasteiger partial charge in [-0.05, 0) is 37.2 Å². The third kappa shape index (κ3) is 4.07. The van der Waals surface area contributed by atoms with Crippen LogP contribution in [-0.4, -0.2) is 31.0 Å². The van der Waals surface area contributed by atoms with Crippen molar-refractivity contribution in [2.75, 3.05) is 5.73 Å². The van der Waals surface area contributed by atoms with E-state index in [0.717, 1.165) is 11.8 Å². The molecule has 0 radical (unpaired) electrons. The van der Waals surface area contributed by atoms with Crippen molar-refractivity contribution in [3.05, 3.63) is 21.7 Å². The second-order valence-corrected chi connectivity index (χ2v) is 5.21. The van der Waals surface area contributed by atoms with Crippen LogP contribution in [0.5, 0.6) is 6.01 Å². The van der Waals surface area contributed by atoms with E-state index in [1.807, 2.05) is 13.8 Å². The van der Waals surface area contributed by atoms with Crippen molar-refractivity contribution in [1.82, 2.24) is 24.9 Å². The van der Waals surface area contributed by atoms with Gasteiger partial charge in [-0.25, -0.2) is 4.98 Å². The van der Waals surface area contributed by atoms with Crippen LogP contribution in [0.3, 0.4) is 0 Å². The fourth-order valence-corrected chi connectivity index (χ4v) is 2.15. The van der Waals surface area contributed by atoms with Crippen LogP contribution in [0.15, 0.2) is 21.2 Å². The monoisotopic (exact) mass is 314 g/mol. The summed E-state index contributed by atoms with van der Waals surface area (Å²) in [6, 6.07) is 1.28. The quantitative estimate of drug-likeness (QED) is 0.806. The largest absolute Gasteiger partial charge is 0.461 e. The van der Waals surface area contributed by atoms with Gasteiger partial charge in [0.25, 0.3) is 5.56 Å². The molecule has 8 nitrogen and oxygen atoms in total. The van der Waals surface area contributed by atoms with Gasteiger partial charge in [0.15, 0.2) is 5.16 Å². The van der Waals surface area contributed by atoms with Crippen LogP contribution >= 0.6 is 23.4 Å². The Bertz CT molecular complexity index is 677. The fraction of sp³-hybridized carbons (Fsp3) is 0.300. The summed E-state index contributed by atoms with van der Waals surface area (Å²) in [5.41, 5.74) is 5.13.